The Morgan fingerprint density at radius 2 is 2.11 bits per heavy atom. The van der Waals surface area contributed by atoms with E-state index in [1.807, 2.05) is 0 Å². The van der Waals surface area contributed by atoms with Crippen LogP contribution in [0, 0.1) is 0 Å². The highest BCUT2D eigenvalue weighted by atomic mass is 16.5. The number of β-amino-alcohol motifs (C(OH)–C–C–N with tert-alkyl or cyclic N) is 1. The maximum atomic E-state index is 9.95. The number of benzene rings is 1. The first-order valence-electron chi connectivity index (χ1n) is 7.01. The molecule has 1 saturated heterocycles. The highest BCUT2D eigenvalue weighted by molar-refractivity contribution is 5.41. The van der Waals surface area contributed by atoms with Crippen molar-refractivity contribution in [2.75, 3.05) is 13.1 Å². The fourth-order valence-electron chi connectivity index (χ4n) is 2.98. The summed E-state index contributed by atoms with van der Waals surface area (Å²) in [5, 5.41) is 13.1. The van der Waals surface area contributed by atoms with E-state index in [1.165, 1.54) is 30.4 Å². The number of aryl methyl sites for hydroxylation is 1. The Morgan fingerprint density at radius 1 is 1.22 bits per heavy atom. The first-order chi connectivity index (χ1) is 8.84. The number of rotatable bonds is 2. The average molecular weight is 247 g/mol. The molecule has 1 aromatic rings. The van der Waals surface area contributed by atoms with Crippen LogP contribution in [0.3, 0.4) is 0 Å². The molecule has 0 unspecified atom stereocenters. The van der Waals surface area contributed by atoms with Crippen molar-refractivity contribution in [1.29, 1.82) is 0 Å². The number of aliphatic hydroxyl groups excluding tert-OH is 1. The van der Waals surface area contributed by atoms with Gasteiger partial charge < -0.3 is 15.2 Å². The molecule has 2 N–H and O–H groups in total. The van der Waals surface area contributed by atoms with Gasteiger partial charge >= 0.3 is 0 Å². The largest absolute Gasteiger partial charge is 0.487 e. The van der Waals surface area contributed by atoms with Gasteiger partial charge in [-0.05, 0) is 55.8 Å². The second-order valence-electron chi connectivity index (χ2n) is 5.32. The van der Waals surface area contributed by atoms with Crippen LogP contribution in [0.5, 0.6) is 5.75 Å². The first kappa shape index (κ1) is 12.0. The number of ether oxygens (including phenoxy) is 1. The van der Waals surface area contributed by atoms with E-state index in [-0.39, 0.29) is 6.10 Å². The van der Waals surface area contributed by atoms with E-state index in [1.54, 1.807) is 0 Å². The van der Waals surface area contributed by atoms with E-state index in [2.05, 4.69) is 23.5 Å². The highest BCUT2D eigenvalue weighted by Gasteiger charge is 2.25. The van der Waals surface area contributed by atoms with E-state index in [0.717, 1.165) is 25.1 Å². The molecule has 2 atom stereocenters. The fraction of sp³-hybridized carbons (Fsp3) is 0.600. The van der Waals surface area contributed by atoms with Crippen LogP contribution < -0.4 is 10.1 Å². The van der Waals surface area contributed by atoms with E-state index in [0.29, 0.717) is 6.54 Å². The molecule has 3 nitrogen and oxygen atoms in total. The number of hydrogen-bond acceptors (Lipinski definition) is 3. The number of piperidine rings is 1. The molecule has 0 spiro atoms. The van der Waals surface area contributed by atoms with Crippen LogP contribution in [0.1, 0.15) is 30.4 Å². The van der Waals surface area contributed by atoms with Gasteiger partial charge in [-0.15, -0.1) is 0 Å². The maximum Gasteiger partial charge on any atom is 0.127 e. The van der Waals surface area contributed by atoms with Crippen molar-refractivity contribution in [2.45, 2.75) is 44.3 Å². The van der Waals surface area contributed by atoms with E-state index >= 15 is 0 Å². The minimum atomic E-state index is -0.391. The van der Waals surface area contributed by atoms with Gasteiger partial charge in [0.2, 0.25) is 0 Å². The molecule has 0 amide bonds. The molecule has 1 heterocycles. The Bertz CT molecular complexity index is 419. The number of fused-ring (bicyclic) bond motifs is 1. The van der Waals surface area contributed by atoms with Crippen molar-refractivity contribution in [3.8, 4) is 5.75 Å². The second-order valence-corrected chi connectivity index (χ2v) is 5.32. The normalized spacial score (nSPS) is 27.6. The summed E-state index contributed by atoms with van der Waals surface area (Å²) in [7, 11) is 0. The summed E-state index contributed by atoms with van der Waals surface area (Å²) in [6, 6.07) is 6.34. The number of hydrogen-bond donors (Lipinski definition) is 2. The van der Waals surface area contributed by atoms with Crippen molar-refractivity contribution in [1.82, 2.24) is 5.32 Å². The minimum absolute atomic E-state index is 0.0559. The van der Waals surface area contributed by atoms with Gasteiger partial charge in [0.1, 0.15) is 18.0 Å². The van der Waals surface area contributed by atoms with Crippen LogP contribution in [-0.4, -0.2) is 30.4 Å². The van der Waals surface area contributed by atoms with Crippen molar-refractivity contribution in [3.63, 3.8) is 0 Å². The molecule has 1 aromatic carbocycles. The van der Waals surface area contributed by atoms with Crippen LogP contribution in [0.4, 0.5) is 0 Å². The quantitative estimate of drug-likeness (QED) is 0.835. The molecule has 1 aliphatic carbocycles. The Hall–Kier alpha value is -1.06. The first-order valence-corrected chi connectivity index (χ1v) is 7.01. The van der Waals surface area contributed by atoms with Crippen molar-refractivity contribution in [2.24, 2.45) is 0 Å². The van der Waals surface area contributed by atoms with Gasteiger partial charge in [0.25, 0.3) is 0 Å². The van der Waals surface area contributed by atoms with Crippen LogP contribution >= 0.6 is 0 Å². The lowest BCUT2D eigenvalue weighted by Crippen LogP contribution is -2.46. The summed E-state index contributed by atoms with van der Waals surface area (Å²) in [6.45, 7) is 1.57. The summed E-state index contributed by atoms with van der Waals surface area (Å²) in [5.74, 6) is 0.998. The summed E-state index contributed by atoms with van der Waals surface area (Å²) in [5.41, 5.74) is 2.80. The molecule has 0 bridgehead atoms. The second kappa shape index (κ2) is 5.29. The molecule has 0 radical (unpaired) electrons. The highest BCUT2D eigenvalue weighted by Crippen LogP contribution is 2.30. The Kier molecular flexibility index (Phi) is 3.52. The van der Waals surface area contributed by atoms with Crippen molar-refractivity contribution < 1.29 is 9.84 Å². The van der Waals surface area contributed by atoms with Gasteiger partial charge in [0.15, 0.2) is 0 Å². The Labute approximate surface area is 108 Å². The van der Waals surface area contributed by atoms with E-state index < -0.39 is 6.10 Å². The zero-order valence-electron chi connectivity index (χ0n) is 10.7. The molecule has 0 aromatic heterocycles. The van der Waals surface area contributed by atoms with Crippen LogP contribution in [0.25, 0.3) is 0 Å². The molecule has 18 heavy (non-hydrogen) atoms. The van der Waals surface area contributed by atoms with Gasteiger partial charge in [-0.1, -0.05) is 12.1 Å². The lowest BCUT2D eigenvalue weighted by molar-refractivity contribution is 0.0156. The van der Waals surface area contributed by atoms with Gasteiger partial charge in [0, 0.05) is 6.54 Å². The lowest BCUT2D eigenvalue weighted by Gasteiger charge is -2.30. The molecular weight excluding hydrogens is 226 g/mol. The van der Waals surface area contributed by atoms with Crippen molar-refractivity contribution in [3.05, 3.63) is 29.3 Å². The van der Waals surface area contributed by atoms with E-state index in [9.17, 15) is 5.11 Å². The summed E-state index contributed by atoms with van der Waals surface area (Å²) >= 11 is 0. The van der Waals surface area contributed by atoms with Gasteiger partial charge in [-0.2, -0.15) is 0 Å². The SMILES string of the molecule is O[C@H]1CNCC[C@@H]1Oc1cccc2c1CCCC2. The fourth-order valence-corrected chi connectivity index (χ4v) is 2.98. The topological polar surface area (TPSA) is 41.5 Å². The summed E-state index contributed by atoms with van der Waals surface area (Å²) in [4.78, 5) is 0. The predicted octanol–water partition coefficient (Wildman–Crippen LogP) is 1.67. The number of aliphatic hydroxyl groups is 1. The average Bonchev–Trinajstić information content (AvgIpc) is 2.42. The van der Waals surface area contributed by atoms with Crippen molar-refractivity contribution >= 4 is 0 Å². The summed E-state index contributed by atoms with van der Waals surface area (Å²) in [6.07, 6.45) is 5.26. The molecule has 1 fully saturated rings. The third-order valence-corrected chi connectivity index (χ3v) is 4.02. The smallest absolute Gasteiger partial charge is 0.127 e. The maximum absolute atomic E-state index is 9.95. The van der Waals surface area contributed by atoms with Crippen LogP contribution in [0.2, 0.25) is 0 Å². The lowest BCUT2D eigenvalue weighted by atomic mass is 9.91. The molecule has 2 aliphatic rings. The predicted molar refractivity (Wildman–Crippen MR) is 71.0 cm³/mol. The Morgan fingerprint density at radius 3 is 3.00 bits per heavy atom. The number of nitrogens with one attached hydrogen (secondary N) is 1. The Balaban J connectivity index is 1.79. The minimum Gasteiger partial charge on any atom is -0.487 e. The summed E-state index contributed by atoms with van der Waals surface area (Å²) < 4.78 is 6.08. The van der Waals surface area contributed by atoms with E-state index in [4.69, 9.17) is 4.74 Å². The standard InChI is InChI=1S/C15H21NO2/c17-13-10-16-9-8-15(13)18-14-7-3-5-11-4-1-2-6-12(11)14/h3,5,7,13,15-17H,1-2,4,6,8-10H2/t13-,15-/m0/s1. The molecule has 3 heteroatoms. The van der Waals surface area contributed by atoms with Crippen LogP contribution in [-0.2, 0) is 12.8 Å². The molecular formula is C15H21NO2. The monoisotopic (exact) mass is 247 g/mol. The third kappa shape index (κ3) is 2.38. The molecule has 1 aliphatic heterocycles. The third-order valence-electron chi connectivity index (χ3n) is 4.02. The molecule has 0 saturated carbocycles. The zero-order chi connectivity index (χ0) is 12.4. The van der Waals surface area contributed by atoms with Gasteiger partial charge in [0.05, 0.1) is 0 Å². The molecule has 3 rings (SSSR count). The molecule has 98 valence electrons. The van der Waals surface area contributed by atoms with Gasteiger partial charge in [-0.3, -0.25) is 0 Å². The zero-order valence-corrected chi connectivity index (χ0v) is 10.7. The van der Waals surface area contributed by atoms with Crippen LogP contribution in [0.15, 0.2) is 18.2 Å². The van der Waals surface area contributed by atoms with Gasteiger partial charge in [-0.25, -0.2) is 0 Å².